The van der Waals surface area contributed by atoms with Crippen LogP contribution < -0.4 is 5.73 Å². The molecule has 2 nitrogen and oxygen atoms in total. The molecule has 1 heterocycles. The van der Waals surface area contributed by atoms with Crippen molar-refractivity contribution in [1.82, 2.24) is 4.90 Å². The second kappa shape index (κ2) is 5.78. The Morgan fingerprint density at radius 1 is 1.38 bits per heavy atom. The molecule has 0 aromatic heterocycles. The minimum atomic E-state index is -0.941. The lowest BCUT2D eigenvalue weighted by Gasteiger charge is -2.19. The average Bonchev–Trinajstić information content (AvgIpc) is 2.14. The minimum absolute atomic E-state index is 0. The standard InChI is InChI=1S/C9H19FN2.ClH/c1-9(10)3-2-6-12(7-4-9)8-5-11;/h2-8,11H2,1H3;1H. The Kier molecular flexibility index (Phi) is 5.85. The van der Waals surface area contributed by atoms with Gasteiger partial charge in [-0.15, -0.1) is 12.4 Å². The number of hydrogen-bond donors (Lipinski definition) is 1. The van der Waals surface area contributed by atoms with Crippen molar-refractivity contribution in [2.45, 2.75) is 31.9 Å². The number of hydrogen-bond acceptors (Lipinski definition) is 2. The maximum absolute atomic E-state index is 13.5. The summed E-state index contributed by atoms with van der Waals surface area (Å²) < 4.78 is 13.5. The largest absolute Gasteiger partial charge is 0.329 e. The number of likely N-dealkylation sites (tertiary alicyclic amines) is 1. The van der Waals surface area contributed by atoms with E-state index in [0.29, 0.717) is 19.4 Å². The van der Waals surface area contributed by atoms with Crippen LogP contribution >= 0.6 is 12.4 Å². The van der Waals surface area contributed by atoms with Gasteiger partial charge in [-0.25, -0.2) is 4.39 Å². The van der Waals surface area contributed by atoms with E-state index in [-0.39, 0.29) is 12.4 Å². The van der Waals surface area contributed by atoms with Crippen molar-refractivity contribution in [2.75, 3.05) is 26.2 Å². The summed E-state index contributed by atoms with van der Waals surface area (Å²) in [6.07, 6.45) is 2.33. The van der Waals surface area contributed by atoms with Gasteiger partial charge in [0.1, 0.15) is 5.67 Å². The summed E-state index contributed by atoms with van der Waals surface area (Å²) >= 11 is 0. The predicted octanol–water partition coefficient (Wildman–Crippen LogP) is 1.58. The molecule has 1 aliphatic rings. The second-order valence-corrected chi connectivity index (χ2v) is 3.90. The topological polar surface area (TPSA) is 29.3 Å². The summed E-state index contributed by atoms with van der Waals surface area (Å²) in [4.78, 5) is 2.25. The Balaban J connectivity index is 0.00000144. The highest BCUT2D eigenvalue weighted by molar-refractivity contribution is 5.85. The van der Waals surface area contributed by atoms with Crippen LogP contribution in [0.25, 0.3) is 0 Å². The summed E-state index contributed by atoms with van der Waals surface area (Å²) in [7, 11) is 0. The van der Waals surface area contributed by atoms with Crippen LogP contribution in [0.2, 0.25) is 0 Å². The van der Waals surface area contributed by atoms with Gasteiger partial charge in [0.15, 0.2) is 0 Å². The van der Waals surface area contributed by atoms with Gasteiger partial charge in [0, 0.05) is 19.6 Å². The quantitative estimate of drug-likeness (QED) is 0.750. The second-order valence-electron chi connectivity index (χ2n) is 3.90. The van der Waals surface area contributed by atoms with Crippen LogP contribution in [0.15, 0.2) is 0 Å². The first kappa shape index (κ1) is 13.1. The summed E-state index contributed by atoms with van der Waals surface area (Å²) in [6, 6.07) is 0. The minimum Gasteiger partial charge on any atom is -0.329 e. The van der Waals surface area contributed by atoms with Gasteiger partial charge in [0.2, 0.25) is 0 Å². The van der Waals surface area contributed by atoms with Crippen LogP contribution in [0, 0.1) is 0 Å². The molecule has 1 aliphatic heterocycles. The third kappa shape index (κ3) is 4.79. The lowest BCUT2D eigenvalue weighted by atomic mass is 10.0. The molecule has 2 N–H and O–H groups in total. The molecule has 80 valence electrons. The van der Waals surface area contributed by atoms with E-state index in [0.717, 1.165) is 26.1 Å². The zero-order valence-electron chi connectivity index (χ0n) is 8.26. The van der Waals surface area contributed by atoms with Crippen LogP contribution in [0.1, 0.15) is 26.2 Å². The first-order chi connectivity index (χ1) is 5.64. The van der Waals surface area contributed by atoms with Gasteiger partial charge in [-0.2, -0.15) is 0 Å². The van der Waals surface area contributed by atoms with Gasteiger partial charge in [-0.3, -0.25) is 0 Å². The molecule has 1 unspecified atom stereocenters. The zero-order valence-corrected chi connectivity index (χ0v) is 9.08. The Hall–Kier alpha value is 0.140. The third-order valence-electron chi connectivity index (χ3n) is 2.57. The molecule has 0 amide bonds. The number of rotatable bonds is 2. The average molecular weight is 211 g/mol. The fraction of sp³-hybridized carbons (Fsp3) is 1.00. The summed E-state index contributed by atoms with van der Waals surface area (Å²) in [5.41, 5.74) is 4.50. The Morgan fingerprint density at radius 2 is 2.08 bits per heavy atom. The predicted molar refractivity (Wildman–Crippen MR) is 56.1 cm³/mol. The monoisotopic (exact) mass is 210 g/mol. The molecular formula is C9H20ClFN2. The Morgan fingerprint density at radius 3 is 2.69 bits per heavy atom. The Labute approximate surface area is 86.1 Å². The highest BCUT2D eigenvalue weighted by Crippen LogP contribution is 2.25. The summed E-state index contributed by atoms with van der Waals surface area (Å²) in [5.74, 6) is 0. The van der Waals surface area contributed by atoms with Crippen molar-refractivity contribution in [3.63, 3.8) is 0 Å². The Bertz CT molecular complexity index is 142. The highest BCUT2D eigenvalue weighted by Gasteiger charge is 2.26. The van der Waals surface area contributed by atoms with E-state index in [1.165, 1.54) is 0 Å². The highest BCUT2D eigenvalue weighted by atomic mass is 35.5. The van der Waals surface area contributed by atoms with E-state index in [2.05, 4.69) is 4.90 Å². The van der Waals surface area contributed by atoms with Crippen LogP contribution in [-0.4, -0.2) is 36.7 Å². The maximum atomic E-state index is 13.5. The molecular weight excluding hydrogens is 191 g/mol. The molecule has 0 aliphatic carbocycles. The summed E-state index contributed by atoms with van der Waals surface area (Å²) in [6.45, 7) is 5.18. The molecule has 0 spiro atoms. The van der Waals surface area contributed by atoms with Gasteiger partial charge >= 0.3 is 0 Å². The van der Waals surface area contributed by atoms with Crippen LogP contribution in [-0.2, 0) is 0 Å². The fourth-order valence-corrected chi connectivity index (χ4v) is 1.71. The van der Waals surface area contributed by atoms with Crippen LogP contribution in [0.3, 0.4) is 0 Å². The molecule has 0 radical (unpaired) electrons. The van der Waals surface area contributed by atoms with Crippen molar-refractivity contribution in [3.05, 3.63) is 0 Å². The van der Waals surface area contributed by atoms with Crippen molar-refractivity contribution in [1.29, 1.82) is 0 Å². The SMILES string of the molecule is CC1(F)CCCN(CCN)CC1.Cl. The smallest absolute Gasteiger partial charge is 0.109 e. The fourth-order valence-electron chi connectivity index (χ4n) is 1.71. The molecule has 0 saturated carbocycles. The van der Waals surface area contributed by atoms with Crippen molar-refractivity contribution in [2.24, 2.45) is 5.73 Å². The lowest BCUT2D eigenvalue weighted by Crippen LogP contribution is -2.31. The normalized spacial score (nSPS) is 30.7. The number of alkyl halides is 1. The van der Waals surface area contributed by atoms with Crippen LogP contribution in [0.4, 0.5) is 4.39 Å². The molecule has 1 saturated heterocycles. The van der Waals surface area contributed by atoms with Gasteiger partial charge in [0.05, 0.1) is 0 Å². The molecule has 13 heavy (non-hydrogen) atoms. The number of nitrogens with zero attached hydrogens (tertiary/aromatic N) is 1. The van der Waals surface area contributed by atoms with Gasteiger partial charge in [0.25, 0.3) is 0 Å². The maximum Gasteiger partial charge on any atom is 0.109 e. The van der Waals surface area contributed by atoms with Gasteiger partial charge in [-0.1, -0.05) is 0 Å². The molecule has 0 bridgehead atoms. The molecule has 1 rings (SSSR count). The lowest BCUT2D eigenvalue weighted by molar-refractivity contribution is 0.162. The van der Waals surface area contributed by atoms with E-state index >= 15 is 0 Å². The van der Waals surface area contributed by atoms with Crippen LogP contribution in [0.5, 0.6) is 0 Å². The van der Waals surface area contributed by atoms with E-state index in [1.54, 1.807) is 6.92 Å². The zero-order chi connectivity index (χ0) is 9.03. The summed E-state index contributed by atoms with van der Waals surface area (Å²) in [5, 5.41) is 0. The number of halogens is 2. The van der Waals surface area contributed by atoms with Gasteiger partial charge in [-0.05, 0) is 32.7 Å². The van der Waals surface area contributed by atoms with Crippen molar-refractivity contribution in [3.8, 4) is 0 Å². The van der Waals surface area contributed by atoms with E-state index in [1.807, 2.05) is 0 Å². The first-order valence-corrected chi connectivity index (χ1v) is 4.75. The third-order valence-corrected chi connectivity index (χ3v) is 2.57. The van der Waals surface area contributed by atoms with Crippen molar-refractivity contribution >= 4 is 12.4 Å². The number of nitrogens with two attached hydrogens (primary N) is 1. The van der Waals surface area contributed by atoms with Crippen molar-refractivity contribution < 1.29 is 4.39 Å². The first-order valence-electron chi connectivity index (χ1n) is 4.75. The van der Waals surface area contributed by atoms with E-state index < -0.39 is 5.67 Å². The van der Waals surface area contributed by atoms with Gasteiger partial charge < -0.3 is 10.6 Å². The molecule has 4 heteroatoms. The molecule has 1 atom stereocenters. The molecule has 0 aromatic rings. The van der Waals surface area contributed by atoms with E-state index in [4.69, 9.17) is 5.73 Å². The molecule has 1 fully saturated rings. The van der Waals surface area contributed by atoms with E-state index in [9.17, 15) is 4.39 Å². The molecule has 0 aromatic carbocycles.